The molecule has 0 heterocycles. The van der Waals surface area contributed by atoms with Gasteiger partial charge in [-0.05, 0) is 55.7 Å². The Morgan fingerprint density at radius 2 is 1.64 bits per heavy atom. The van der Waals surface area contributed by atoms with E-state index < -0.39 is 16.1 Å². The molecule has 0 fully saturated rings. The molecule has 6 nitrogen and oxygen atoms in total. The van der Waals surface area contributed by atoms with Gasteiger partial charge in [-0.15, -0.1) is 0 Å². The first-order chi connectivity index (χ1) is 13.2. The Morgan fingerprint density at radius 3 is 2.11 bits per heavy atom. The van der Waals surface area contributed by atoms with Crippen molar-refractivity contribution in [2.24, 2.45) is 0 Å². The van der Waals surface area contributed by atoms with Crippen molar-refractivity contribution < 1.29 is 17.9 Å². The number of nitrogens with one attached hydrogen (secondary N) is 1. The summed E-state index contributed by atoms with van der Waals surface area (Å²) in [5, 5.41) is 2.89. The Kier molecular flexibility index (Phi) is 7.07. The molecule has 0 aromatic heterocycles. The maximum absolute atomic E-state index is 12.8. The van der Waals surface area contributed by atoms with Crippen LogP contribution in [0.4, 0.5) is 5.69 Å². The molecule has 0 spiro atoms. The highest BCUT2D eigenvalue weighted by Gasteiger charge is 2.29. The van der Waals surface area contributed by atoms with Gasteiger partial charge in [-0.25, -0.2) is 8.42 Å². The minimum Gasteiger partial charge on any atom is -0.497 e. The number of sulfonamides is 1. The standard InChI is InChI=1S/C21H28N2O4S/c1-6-17-7-11-19(12-8-17)23(28(5,25)26)16(3)21(24)22-15(2)18-9-13-20(27-4)14-10-18/h7-16H,6H2,1-5H3,(H,22,24)/t15-,16-/m0/s1. The fourth-order valence-corrected chi connectivity index (χ4v) is 4.17. The molecule has 2 aromatic carbocycles. The van der Waals surface area contributed by atoms with Crippen LogP contribution in [0.25, 0.3) is 0 Å². The van der Waals surface area contributed by atoms with Crippen LogP contribution in [0.1, 0.15) is 37.9 Å². The fourth-order valence-electron chi connectivity index (χ4n) is 3.00. The second-order valence-corrected chi connectivity index (χ2v) is 8.62. The number of amides is 1. The van der Waals surface area contributed by atoms with E-state index in [-0.39, 0.29) is 11.9 Å². The fraction of sp³-hybridized carbons (Fsp3) is 0.381. The minimum atomic E-state index is -3.64. The molecule has 1 amide bonds. The second kappa shape index (κ2) is 9.10. The van der Waals surface area contributed by atoms with Gasteiger partial charge in [0.25, 0.3) is 0 Å². The van der Waals surface area contributed by atoms with Gasteiger partial charge >= 0.3 is 0 Å². The van der Waals surface area contributed by atoms with Crippen molar-refractivity contribution in [3.63, 3.8) is 0 Å². The molecule has 2 atom stereocenters. The van der Waals surface area contributed by atoms with Crippen molar-refractivity contribution >= 4 is 21.6 Å². The van der Waals surface area contributed by atoms with Crippen LogP contribution in [0.15, 0.2) is 48.5 Å². The van der Waals surface area contributed by atoms with Crippen molar-refractivity contribution in [1.29, 1.82) is 0 Å². The zero-order chi connectivity index (χ0) is 20.9. The van der Waals surface area contributed by atoms with Crippen molar-refractivity contribution in [3.8, 4) is 5.75 Å². The van der Waals surface area contributed by atoms with Gasteiger partial charge in [0.15, 0.2) is 0 Å². The summed E-state index contributed by atoms with van der Waals surface area (Å²) < 4.78 is 31.1. The number of ether oxygens (including phenoxy) is 1. The summed E-state index contributed by atoms with van der Waals surface area (Å²) in [7, 11) is -2.04. The van der Waals surface area contributed by atoms with E-state index in [1.54, 1.807) is 26.2 Å². The molecule has 0 unspecified atom stereocenters. The van der Waals surface area contributed by atoms with Gasteiger partial charge in [0, 0.05) is 0 Å². The number of hydrogen-bond acceptors (Lipinski definition) is 4. The van der Waals surface area contributed by atoms with Gasteiger partial charge in [0.05, 0.1) is 25.1 Å². The first kappa shape index (κ1) is 21.8. The largest absolute Gasteiger partial charge is 0.497 e. The molecule has 7 heteroatoms. The van der Waals surface area contributed by atoms with E-state index >= 15 is 0 Å². The summed E-state index contributed by atoms with van der Waals surface area (Å²) in [5.41, 5.74) is 2.47. The second-order valence-electron chi connectivity index (χ2n) is 6.76. The molecule has 2 rings (SSSR count). The quantitative estimate of drug-likeness (QED) is 0.733. The normalized spacial score (nSPS) is 13.5. The summed E-state index contributed by atoms with van der Waals surface area (Å²) in [6, 6.07) is 13.4. The molecule has 0 aliphatic rings. The molecule has 0 saturated carbocycles. The summed E-state index contributed by atoms with van der Waals surface area (Å²) in [6.07, 6.45) is 1.96. The molecule has 152 valence electrons. The monoisotopic (exact) mass is 404 g/mol. The molecule has 0 saturated heterocycles. The van der Waals surface area contributed by atoms with Crippen molar-refractivity contribution in [3.05, 3.63) is 59.7 Å². The van der Waals surface area contributed by atoms with Crippen molar-refractivity contribution in [2.45, 2.75) is 39.3 Å². The summed E-state index contributed by atoms with van der Waals surface area (Å²) in [5.74, 6) is 0.364. The number of anilines is 1. The van der Waals surface area contributed by atoms with Crippen LogP contribution in [-0.2, 0) is 21.2 Å². The first-order valence-electron chi connectivity index (χ1n) is 9.20. The lowest BCUT2D eigenvalue weighted by Crippen LogP contribution is -2.48. The summed E-state index contributed by atoms with van der Waals surface area (Å²) in [6.45, 7) is 5.47. The molecule has 1 N–H and O–H groups in total. The van der Waals surface area contributed by atoms with E-state index in [9.17, 15) is 13.2 Å². The molecular weight excluding hydrogens is 376 g/mol. The third-order valence-electron chi connectivity index (χ3n) is 4.66. The third-order valence-corrected chi connectivity index (χ3v) is 5.90. The van der Waals surface area contributed by atoms with Crippen LogP contribution in [-0.4, -0.2) is 33.7 Å². The lowest BCUT2D eigenvalue weighted by molar-refractivity contribution is -0.122. The molecule has 0 radical (unpaired) electrons. The molecule has 2 aromatic rings. The van der Waals surface area contributed by atoms with Crippen molar-refractivity contribution in [1.82, 2.24) is 5.32 Å². The average molecular weight is 405 g/mol. The van der Waals surface area contributed by atoms with Gasteiger partial charge in [-0.3, -0.25) is 9.10 Å². The predicted octanol–water partition coefficient (Wildman–Crippen LogP) is 3.29. The Labute approximate surface area is 167 Å². The first-order valence-corrected chi connectivity index (χ1v) is 11.0. The number of methoxy groups -OCH3 is 1. The number of hydrogen-bond donors (Lipinski definition) is 1. The van der Waals surface area contributed by atoms with Crippen LogP contribution in [0, 0.1) is 0 Å². The molecule has 0 aliphatic heterocycles. The van der Waals surface area contributed by atoms with Gasteiger partial charge < -0.3 is 10.1 Å². The Hall–Kier alpha value is -2.54. The third kappa shape index (κ3) is 5.25. The number of carbonyl (C=O) groups is 1. The van der Waals surface area contributed by atoms with Gasteiger partial charge in [0.2, 0.25) is 15.9 Å². The lowest BCUT2D eigenvalue weighted by Gasteiger charge is -2.29. The lowest BCUT2D eigenvalue weighted by atomic mass is 10.1. The van der Waals surface area contributed by atoms with Crippen LogP contribution in [0.3, 0.4) is 0 Å². The Balaban J connectivity index is 2.20. The Morgan fingerprint density at radius 1 is 1.07 bits per heavy atom. The number of nitrogens with zero attached hydrogens (tertiary/aromatic N) is 1. The molecule has 0 bridgehead atoms. The smallest absolute Gasteiger partial charge is 0.244 e. The van der Waals surface area contributed by atoms with E-state index in [4.69, 9.17) is 4.74 Å². The van der Waals surface area contributed by atoms with Crippen LogP contribution < -0.4 is 14.4 Å². The highest BCUT2D eigenvalue weighted by Crippen LogP contribution is 2.23. The number of rotatable bonds is 8. The van der Waals surface area contributed by atoms with E-state index in [1.807, 2.05) is 50.2 Å². The van der Waals surface area contributed by atoms with E-state index in [0.29, 0.717) is 5.69 Å². The van der Waals surface area contributed by atoms with Crippen molar-refractivity contribution in [2.75, 3.05) is 17.7 Å². The highest BCUT2D eigenvalue weighted by molar-refractivity contribution is 7.92. The maximum atomic E-state index is 12.8. The number of aryl methyl sites for hydroxylation is 1. The Bertz CT molecular complexity index is 893. The van der Waals surface area contributed by atoms with Gasteiger partial charge in [0.1, 0.15) is 11.8 Å². The maximum Gasteiger partial charge on any atom is 0.244 e. The highest BCUT2D eigenvalue weighted by atomic mass is 32.2. The van der Waals surface area contributed by atoms with Crippen LogP contribution >= 0.6 is 0 Å². The van der Waals surface area contributed by atoms with E-state index in [1.165, 1.54) is 0 Å². The molecule has 0 aliphatic carbocycles. The topological polar surface area (TPSA) is 75.7 Å². The zero-order valence-corrected chi connectivity index (χ0v) is 17.8. The zero-order valence-electron chi connectivity index (χ0n) is 17.0. The van der Waals surface area contributed by atoms with Gasteiger partial charge in [-0.1, -0.05) is 31.2 Å². The molecule has 28 heavy (non-hydrogen) atoms. The summed E-state index contributed by atoms with van der Waals surface area (Å²) >= 11 is 0. The average Bonchev–Trinajstić information content (AvgIpc) is 2.67. The van der Waals surface area contributed by atoms with Crippen LogP contribution in [0.5, 0.6) is 5.75 Å². The minimum absolute atomic E-state index is 0.273. The number of benzene rings is 2. The summed E-state index contributed by atoms with van der Waals surface area (Å²) in [4.78, 5) is 12.8. The SMILES string of the molecule is CCc1ccc(N([C@@H](C)C(=O)N[C@@H](C)c2ccc(OC)cc2)S(C)(=O)=O)cc1. The van der Waals surface area contributed by atoms with Crippen LogP contribution in [0.2, 0.25) is 0 Å². The van der Waals surface area contributed by atoms with E-state index in [2.05, 4.69) is 5.32 Å². The predicted molar refractivity (Wildman–Crippen MR) is 112 cm³/mol. The van der Waals surface area contributed by atoms with E-state index in [0.717, 1.165) is 33.9 Å². The number of carbonyl (C=O) groups excluding carboxylic acids is 1. The molecular formula is C21H28N2O4S. The van der Waals surface area contributed by atoms with Gasteiger partial charge in [-0.2, -0.15) is 0 Å².